The largest absolute Gasteiger partial charge is 0.478 e. The van der Waals surface area contributed by atoms with Crippen LogP contribution >= 0.6 is 0 Å². The summed E-state index contributed by atoms with van der Waals surface area (Å²) in [5.74, 6) is -4.12. The molecule has 0 atom stereocenters. The quantitative estimate of drug-likeness (QED) is 0.404. The van der Waals surface area contributed by atoms with E-state index in [1.807, 2.05) is 0 Å². The lowest BCUT2D eigenvalue weighted by Crippen LogP contribution is -2.06. The lowest BCUT2D eigenvalue weighted by Gasteiger charge is -2.07. The molecule has 0 aliphatic heterocycles. The topological polar surface area (TPSA) is 66.2 Å². The molecule has 4 aromatic rings. The summed E-state index contributed by atoms with van der Waals surface area (Å²) >= 11 is 0. The second-order valence-electron chi connectivity index (χ2n) is 6.21. The minimum absolute atomic E-state index is 0.00327. The van der Waals surface area contributed by atoms with Crippen LogP contribution in [0.15, 0.2) is 52.9 Å². The van der Waals surface area contributed by atoms with Gasteiger partial charge in [0.15, 0.2) is 23.0 Å². The average Bonchev–Trinajstić information content (AvgIpc) is 3.27. The van der Waals surface area contributed by atoms with Crippen LogP contribution in [-0.2, 0) is 6.18 Å². The molecule has 2 aromatic heterocycles. The van der Waals surface area contributed by atoms with Crippen molar-refractivity contribution in [3.63, 3.8) is 0 Å². The van der Waals surface area contributed by atoms with Gasteiger partial charge in [-0.1, -0.05) is 12.1 Å². The number of aromatic carboxylic acids is 1. The first-order chi connectivity index (χ1) is 13.7. The zero-order valence-electron chi connectivity index (χ0n) is 14.3. The maximum Gasteiger partial charge on any atom is 0.417 e. The van der Waals surface area contributed by atoms with Gasteiger partial charge >= 0.3 is 12.1 Å². The van der Waals surface area contributed by atoms with E-state index in [-0.39, 0.29) is 11.3 Å². The van der Waals surface area contributed by atoms with Gasteiger partial charge in [0.2, 0.25) is 0 Å². The molecule has 2 heterocycles. The van der Waals surface area contributed by atoms with Crippen molar-refractivity contribution >= 4 is 16.9 Å². The summed E-state index contributed by atoms with van der Waals surface area (Å²) in [5, 5.41) is 7.95. The van der Waals surface area contributed by atoms with Crippen molar-refractivity contribution in [2.45, 2.75) is 6.18 Å². The van der Waals surface area contributed by atoms with Crippen LogP contribution in [0.25, 0.3) is 33.7 Å². The highest BCUT2D eigenvalue weighted by atomic mass is 19.4. The Bertz CT molecular complexity index is 1240. The van der Waals surface area contributed by atoms with E-state index in [9.17, 15) is 26.7 Å². The Morgan fingerprint density at radius 1 is 0.931 bits per heavy atom. The number of benzene rings is 2. The van der Waals surface area contributed by atoms with Crippen LogP contribution in [0.5, 0.6) is 0 Å². The number of fused-ring (bicyclic) bond motifs is 1. The van der Waals surface area contributed by atoms with Crippen LogP contribution in [0.3, 0.4) is 0 Å². The number of carboxylic acid groups (broad SMARTS) is 1. The van der Waals surface area contributed by atoms with Crippen LogP contribution < -0.4 is 0 Å². The third kappa shape index (κ3) is 3.14. The predicted molar refractivity (Wildman–Crippen MR) is 93.3 cm³/mol. The summed E-state index contributed by atoms with van der Waals surface area (Å²) in [6.07, 6.45) is -4.89. The SMILES string of the molecule is O=C(O)c1ccc(-c2ccc(-c3oc4c(F)ccc(C(F)(F)F)c4c3F)[nH]2)cc1. The minimum atomic E-state index is -4.89. The number of carbonyl (C=O) groups is 1. The number of halogens is 5. The van der Waals surface area contributed by atoms with E-state index in [2.05, 4.69) is 4.98 Å². The molecule has 0 fully saturated rings. The van der Waals surface area contributed by atoms with Gasteiger partial charge in [-0.15, -0.1) is 0 Å². The predicted octanol–water partition coefficient (Wildman–Crippen LogP) is 6.09. The molecule has 2 N–H and O–H groups in total. The monoisotopic (exact) mass is 407 g/mol. The van der Waals surface area contributed by atoms with Crippen LogP contribution in [0.2, 0.25) is 0 Å². The van der Waals surface area contributed by atoms with Gasteiger partial charge in [0.05, 0.1) is 22.2 Å². The average molecular weight is 407 g/mol. The second-order valence-corrected chi connectivity index (χ2v) is 6.21. The Balaban J connectivity index is 1.81. The van der Waals surface area contributed by atoms with E-state index >= 15 is 0 Å². The third-order valence-electron chi connectivity index (χ3n) is 4.41. The zero-order chi connectivity index (χ0) is 20.9. The fourth-order valence-electron chi connectivity index (χ4n) is 3.03. The first kappa shape index (κ1) is 18.7. The number of aromatic amines is 1. The Kier molecular flexibility index (Phi) is 4.18. The summed E-state index contributed by atoms with van der Waals surface area (Å²) in [6.45, 7) is 0. The molecule has 0 aliphatic carbocycles. The van der Waals surface area contributed by atoms with E-state index < -0.39 is 46.1 Å². The van der Waals surface area contributed by atoms with Crippen LogP contribution in [0.1, 0.15) is 15.9 Å². The summed E-state index contributed by atoms with van der Waals surface area (Å²) < 4.78 is 73.4. The van der Waals surface area contributed by atoms with Crippen molar-refractivity contribution in [3.8, 4) is 22.7 Å². The first-order valence-electron chi connectivity index (χ1n) is 8.17. The Hall–Kier alpha value is -3.62. The number of alkyl halides is 3. The van der Waals surface area contributed by atoms with Gasteiger partial charge in [-0.05, 0) is 42.0 Å². The molecule has 4 nitrogen and oxygen atoms in total. The molecule has 29 heavy (non-hydrogen) atoms. The molecular formula is C20H10F5NO3. The number of aromatic nitrogens is 1. The summed E-state index contributed by atoms with van der Waals surface area (Å²) in [6, 6.07) is 9.66. The highest BCUT2D eigenvalue weighted by Crippen LogP contribution is 2.41. The lowest BCUT2D eigenvalue weighted by atomic mass is 10.1. The first-order valence-corrected chi connectivity index (χ1v) is 8.17. The normalized spacial score (nSPS) is 11.9. The number of hydrogen-bond donors (Lipinski definition) is 2. The number of carboxylic acids is 1. The molecule has 4 rings (SSSR count). The maximum absolute atomic E-state index is 14.8. The van der Waals surface area contributed by atoms with E-state index in [4.69, 9.17) is 9.52 Å². The van der Waals surface area contributed by atoms with Gasteiger partial charge in [0.25, 0.3) is 0 Å². The van der Waals surface area contributed by atoms with Gasteiger partial charge in [0.1, 0.15) is 0 Å². The standard InChI is InChI=1S/C20H10F5NO3/c21-12-6-5-11(20(23,24)25)15-16(22)18(29-17(12)15)14-8-7-13(26-14)9-1-3-10(4-2-9)19(27)28/h1-8,26H,(H,27,28). The number of furan rings is 1. The molecular weight excluding hydrogens is 397 g/mol. The molecule has 0 unspecified atom stereocenters. The molecule has 0 saturated heterocycles. The second kappa shape index (κ2) is 6.47. The molecule has 0 aliphatic rings. The third-order valence-corrected chi connectivity index (χ3v) is 4.41. The van der Waals surface area contributed by atoms with Crippen molar-refractivity contribution < 1.29 is 36.3 Å². The van der Waals surface area contributed by atoms with E-state index in [0.29, 0.717) is 23.4 Å². The van der Waals surface area contributed by atoms with Crippen molar-refractivity contribution in [1.82, 2.24) is 4.98 Å². The fraction of sp³-hybridized carbons (Fsp3) is 0.0500. The maximum atomic E-state index is 14.8. The van der Waals surface area contributed by atoms with E-state index in [1.54, 1.807) is 0 Å². The summed E-state index contributed by atoms with van der Waals surface area (Å²) in [5.41, 5.74) is -1.09. The van der Waals surface area contributed by atoms with Crippen LogP contribution in [0.4, 0.5) is 22.0 Å². The molecule has 2 aromatic carbocycles. The van der Waals surface area contributed by atoms with Gasteiger partial charge < -0.3 is 14.5 Å². The number of H-pyrrole nitrogens is 1. The molecule has 148 valence electrons. The van der Waals surface area contributed by atoms with E-state index in [0.717, 1.165) is 0 Å². The van der Waals surface area contributed by atoms with E-state index in [1.165, 1.54) is 36.4 Å². The van der Waals surface area contributed by atoms with Crippen molar-refractivity contribution in [3.05, 3.63) is 71.3 Å². The van der Waals surface area contributed by atoms with Crippen molar-refractivity contribution in [2.24, 2.45) is 0 Å². The summed E-state index contributed by atoms with van der Waals surface area (Å²) in [4.78, 5) is 13.7. The highest BCUT2D eigenvalue weighted by Gasteiger charge is 2.36. The number of hydrogen-bond acceptors (Lipinski definition) is 2. The van der Waals surface area contributed by atoms with Crippen molar-refractivity contribution in [2.75, 3.05) is 0 Å². The lowest BCUT2D eigenvalue weighted by molar-refractivity contribution is -0.136. The van der Waals surface area contributed by atoms with Gasteiger partial charge in [-0.25, -0.2) is 13.6 Å². The Morgan fingerprint density at radius 2 is 1.59 bits per heavy atom. The highest BCUT2D eigenvalue weighted by molar-refractivity contribution is 5.89. The van der Waals surface area contributed by atoms with Crippen molar-refractivity contribution in [1.29, 1.82) is 0 Å². The van der Waals surface area contributed by atoms with Gasteiger partial charge in [-0.2, -0.15) is 13.2 Å². The molecule has 0 bridgehead atoms. The number of rotatable bonds is 3. The number of nitrogens with one attached hydrogen (secondary N) is 1. The Labute approximate surface area is 159 Å². The summed E-state index contributed by atoms with van der Waals surface area (Å²) in [7, 11) is 0. The smallest absolute Gasteiger partial charge is 0.417 e. The molecule has 0 radical (unpaired) electrons. The fourth-order valence-corrected chi connectivity index (χ4v) is 3.03. The molecule has 0 spiro atoms. The van der Waals surface area contributed by atoms with Gasteiger partial charge in [0, 0.05) is 5.69 Å². The van der Waals surface area contributed by atoms with Crippen LogP contribution in [0, 0.1) is 11.6 Å². The molecule has 0 amide bonds. The molecule has 0 saturated carbocycles. The van der Waals surface area contributed by atoms with Crippen LogP contribution in [-0.4, -0.2) is 16.1 Å². The minimum Gasteiger partial charge on any atom is -0.478 e. The molecule has 9 heteroatoms. The van der Waals surface area contributed by atoms with Gasteiger partial charge in [-0.3, -0.25) is 0 Å². The zero-order valence-corrected chi connectivity index (χ0v) is 14.3. The Morgan fingerprint density at radius 3 is 2.21 bits per heavy atom.